The van der Waals surface area contributed by atoms with E-state index in [4.69, 9.17) is 4.52 Å². The van der Waals surface area contributed by atoms with Crippen molar-refractivity contribution in [3.63, 3.8) is 0 Å². The zero-order chi connectivity index (χ0) is 22.1. The van der Waals surface area contributed by atoms with Crippen molar-refractivity contribution in [2.45, 2.75) is 64.6 Å². The van der Waals surface area contributed by atoms with Crippen LogP contribution in [-0.4, -0.2) is 39.1 Å². The molecule has 3 rings (SSSR count). The second-order valence-corrected chi connectivity index (χ2v) is 8.44. The Morgan fingerprint density at radius 3 is 2.47 bits per heavy atom. The third-order valence-corrected chi connectivity index (χ3v) is 4.84. The minimum Gasteiger partial charge on any atom is -0.435 e. The average molecular weight is 422 g/mol. The van der Waals surface area contributed by atoms with Crippen molar-refractivity contribution in [2.24, 2.45) is 0 Å². The van der Waals surface area contributed by atoms with Gasteiger partial charge in [-0.2, -0.15) is 13.8 Å². The molecule has 1 fully saturated rings. The van der Waals surface area contributed by atoms with Gasteiger partial charge in [-0.3, -0.25) is 9.69 Å². The molecule has 162 valence electrons. The molecule has 2 aromatic rings. The molecule has 0 saturated carbocycles. The number of rotatable bonds is 7. The maximum absolute atomic E-state index is 12.9. The summed E-state index contributed by atoms with van der Waals surface area (Å²) in [5.74, 6) is 0.347. The van der Waals surface area contributed by atoms with Gasteiger partial charge in [0.1, 0.15) is 17.8 Å². The van der Waals surface area contributed by atoms with Crippen LogP contribution in [0.4, 0.5) is 13.6 Å². The smallest absolute Gasteiger partial charge is 0.387 e. The lowest BCUT2D eigenvalue weighted by Gasteiger charge is -2.21. The highest BCUT2D eigenvalue weighted by atomic mass is 19.3. The number of urea groups is 1. The molecule has 1 aromatic heterocycles. The molecule has 0 aliphatic carbocycles. The van der Waals surface area contributed by atoms with E-state index in [0.717, 1.165) is 10.5 Å². The fourth-order valence-corrected chi connectivity index (χ4v) is 3.05. The quantitative estimate of drug-likeness (QED) is 0.687. The lowest BCUT2D eigenvalue weighted by atomic mass is 9.93. The third-order valence-electron chi connectivity index (χ3n) is 4.84. The number of nitrogens with zero attached hydrogens (tertiary/aromatic N) is 3. The summed E-state index contributed by atoms with van der Waals surface area (Å²) in [7, 11) is 0. The van der Waals surface area contributed by atoms with Crippen LogP contribution in [0.25, 0.3) is 0 Å². The summed E-state index contributed by atoms with van der Waals surface area (Å²) in [4.78, 5) is 30.6. The Morgan fingerprint density at radius 1 is 1.23 bits per heavy atom. The first-order chi connectivity index (χ1) is 14.0. The molecule has 1 atom stereocenters. The van der Waals surface area contributed by atoms with E-state index in [0.29, 0.717) is 18.7 Å². The number of nitrogens with one attached hydrogen (secondary N) is 1. The summed E-state index contributed by atoms with van der Waals surface area (Å²) >= 11 is 0. The Morgan fingerprint density at radius 2 is 1.90 bits per heavy atom. The molecule has 1 aliphatic rings. The van der Waals surface area contributed by atoms with Gasteiger partial charge in [0.15, 0.2) is 5.82 Å². The Bertz CT molecular complexity index is 924. The van der Waals surface area contributed by atoms with Crippen LogP contribution in [0.5, 0.6) is 5.75 Å². The number of alkyl halides is 2. The molecule has 10 heteroatoms. The van der Waals surface area contributed by atoms with E-state index in [1.54, 1.807) is 19.1 Å². The summed E-state index contributed by atoms with van der Waals surface area (Å²) in [5.41, 5.74) is -0.587. The summed E-state index contributed by atoms with van der Waals surface area (Å²) < 4.78 is 34.0. The first-order valence-corrected chi connectivity index (χ1v) is 9.49. The van der Waals surface area contributed by atoms with Gasteiger partial charge in [0.25, 0.3) is 5.91 Å². The van der Waals surface area contributed by atoms with Gasteiger partial charge in [-0.1, -0.05) is 38.1 Å². The van der Waals surface area contributed by atoms with Gasteiger partial charge in [-0.25, -0.2) is 4.79 Å². The van der Waals surface area contributed by atoms with Crippen LogP contribution in [-0.2, 0) is 23.2 Å². The van der Waals surface area contributed by atoms with Crippen LogP contribution in [0.2, 0.25) is 0 Å². The monoisotopic (exact) mass is 422 g/mol. The summed E-state index contributed by atoms with van der Waals surface area (Å²) in [6.45, 7) is 4.44. The molecule has 0 radical (unpaired) electrons. The van der Waals surface area contributed by atoms with E-state index in [-0.39, 0.29) is 29.5 Å². The number of carbonyl (C=O) groups excluding carboxylic acids is 2. The highest BCUT2D eigenvalue weighted by molar-refractivity contribution is 6.06. The number of hydrogen-bond acceptors (Lipinski definition) is 6. The van der Waals surface area contributed by atoms with E-state index >= 15 is 0 Å². The molecular formula is C20H24F2N4O4. The van der Waals surface area contributed by atoms with E-state index in [9.17, 15) is 18.4 Å². The van der Waals surface area contributed by atoms with E-state index in [1.807, 2.05) is 20.8 Å². The topological polar surface area (TPSA) is 97.6 Å². The van der Waals surface area contributed by atoms with Crippen LogP contribution < -0.4 is 10.1 Å². The highest BCUT2D eigenvalue weighted by Crippen LogP contribution is 2.26. The second-order valence-electron chi connectivity index (χ2n) is 8.44. The van der Waals surface area contributed by atoms with E-state index in [2.05, 4.69) is 20.2 Å². The largest absolute Gasteiger partial charge is 0.435 e. The van der Waals surface area contributed by atoms with Crippen LogP contribution in [0, 0.1) is 0 Å². The van der Waals surface area contributed by atoms with Gasteiger partial charge in [-0.05, 0) is 37.5 Å². The Kier molecular flexibility index (Phi) is 5.78. The molecule has 8 nitrogen and oxygen atoms in total. The molecular weight excluding hydrogens is 398 g/mol. The standard InChI is InChI=1S/C20H24F2N4O4/c1-19(2,3)15-23-14(30-25-15)11-26-16(27)20(4,24-18(26)28)10-9-12-5-7-13(8-6-12)29-17(21)22/h5-8,17H,9-11H2,1-4H3,(H,24,28). The van der Waals surface area contributed by atoms with E-state index < -0.39 is 18.2 Å². The molecule has 1 N–H and O–H groups in total. The molecule has 2 heterocycles. The lowest BCUT2D eigenvalue weighted by Crippen LogP contribution is -2.44. The number of aryl methyl sites for hydroxylation is 1. The zero-order valence-corrected chi connectivity index (χ0v) is 17.2. The Labute approximate surface area is 172 Å². The minimum absolute atomic E-state index is 0.0607. The van der Waals surface area contributed by atoms with Crippen LogP contribution >= 0.6 is 0 Å². The predicted molar refractivity (Wildman–Crippen MR) is 102 cm³/mol. The minimum atomic E-state index is -2.88. The van der Waals surface area contributed by atoms with Crippen LogP contribution in [0.15, 0.2) is 28.8 Å². The van der Waals surface area contributed by atoms with Crippen molar-refractivity contribution in [3.05, 3.63) is 41.5 Å². The maximum Gasteiger partial charge on any atom is 0.387 e. The third kappa shape index (κ3) is 4.74. The molecule has 3 amide bonds. The highest BCUT2D eigenvalue weighted by Gasteiger charge is 2.47. The molecule has 0 spiro atoms. The van der Waals surface area contributed by atoms with Crippen LogP contribution in [0.3, 0.4) is 0 Å². The van der Waals surface area contributed by atoms with Crippen molar-refractivity contribution >= 4 is 11.9 Å². The predicted octanol–water partition coefficient (Wildman–Crippen LogP) is 3.41. The van der Waals surface area contributed by atoms with Crippen LogP contribution in [0.1, 0.15) is 51.4 Å². The number of benzene rings is 1. The number of imide groups is 1. The van der Waals surface area contributed by atoms with E-state index in [1.165, 1.54) is 12.1 Å². The number of halogens is 2. The van der Waals surface area contributed by atoms with Gasteiger partial charge >= 0.3 is 12.6 Å². The fraction of sp³-hybridized carbons (Fsp3) is 0.500. The van der Waals surface area contributed by atoms with Crippen molar-refractivity contribution in [3.8, 4) is 5.75 Å². The van der Waals surface area contributed by atoms with Crippen molar-refractivity contribution in [1.82, 2.24) is 20.4 Å². The molecule has 1 unspecified atom stereocenters. The number of amides is 3. The summed E-state index contributed by atoms with van der Waals surface area (Å²) in [6.07, 6.45) is 0.792. The first kappa shape index (κ1) is 21.7. The number of aromatic nitrogens is 2. The van der Waals surface area contributed by atoms with Crippen molar-refractivity contribution < 1.29 is 27.6 Å². The van der Waals surface area contributed by atoms with Gasteiger partial charge in [0, 0.05) is 5.41 Å². The number of ether oxygens (including phenoxy) is 1. The molecule has 0 bridgehead atoms. The lowest BCUT2D eigenvalue weighted by molar-refractivity contribution is -0.131. The molecule has 1 aromatic carbocycles. The summed E-state index contributed by atoms with van der Waals surface area (Å²) in [5, 5.41) is 6.62. The van der Waals surface area contributed by atoms with Crippen molar-refractivity contribution in [2.75, 3.05) is 0 Å². The summed E-state index contributed by atoms with van der Waals surface area (Å²) in [6, 6.07) is 5.64. The molecule has 1 aliphatic heterocycles. The molecule has 1 saturated heterocycles. The van der Waals surface area contributed by atoms with Gasteiger partial charge < -0.3 is 14.6 Å². The van der Waals surface area contributed by atoms with Gasteiger partial charge in [0.05, 0.1) is 0 Å². The van der Waals surface area contributed by atoms with Gasteiger partial charge in [0.2, 0.25) is 5.89 Å². The fourth-order valence-electron chi connectivity index (χ4n) is 3.05. The SMILES string of the molecule is CC1(CCc2ccc(OC(F)F)cc2)NC(=O)N(Cc2nc(C(C)(C)C)no2)C1=O. The maximum atomic E-state index is 12.9. The Balaban J connectivity index is 1.63. The average Bonchev–Trinajstić information content (AvgIpc) is 3.20. The van der Waals surface area contributed by atoms with Gasteiger partial charge in [-0.15, -0.1) is 0 Å². The zero-order valence-electron chi connectivity index (χ0n) is 17.2. The normalized spacial score (nSPS) is 19.5. The second kappa shape index (κ2) is 8.00. The number of hydrogen-bond donors (Lipinski definition) is 1. The first-order valence-electron chi connectivity index (χ1n) is 9.49. The number of carbonyl (C=O) groups is 2. The Hall–Kier alpha value is -3.04. The molecule has 30 heavy (non-hydrogen) atoms. The van der Waals surface area contributed by atoms with Crippen molar-refractivity contribution in [1.29, 1.82) is 0 Å².